The molecule has 2 heterocycles. The van der Waals surface area contributed by atoms with Gasteiger partial charge in [-0.25, -0.2) is 4.98 Å². The van der Waals surface area contributed by atoms with Gasteiger partial charge in [0.1, 0.15) is 17.3 Å². The van der Waals surface area contributed by atoms with Crippen LogP contribution in [0, 0.1) is 6.92 Å². The number of pyridine rings is 1. The van der Waals surface area contributed by atoms with Gasteiger partial charge >= 0.3 is 0 Å². The Kier molecular flexibility index (Phi) is 6.26. The molecule has 0 atom stereocenters. The highest BCUT2D eigenvalue weighted by molar-refractivity contribution is 5.65. The summed E-state index contributed by atoms with van der Waals surface area (Å²) in [7, 11) is 5.27. The fourth-order valence-electron chi connectivity index (χ4n) is 2.79. The molecule has 0 saturated heterocycles. The molecule has 3 aromatic rings. The minimum absolute atomic E-state index is 0.522. The van der Waals surface area contributed by atoms with Gasteiger partial charge in [0.05, 0.1) is 19.9 Å². The largest absolute Gasteiger partial charge is 0.497 e. The average molecular weight is 379 g/mol. The van der Waals surface area contributed by atoms with Crippen LogP contribution < -0.4 is 19.7 Å². The second-order valence-electron chi connectivity index (χ2n) is 6.41. The van der Waals surface area contributed by atoms with E-state index in [1.54, 1.807) is 14.2 Å². The Morgan fingerprint density at radius 2 is 1.79 bits per heavy atom. The Hall–Kier alpha value is -3.35. The van der Waals surface area contributed by atoms with Gasteiger partial charge in [-0.2, -0.15) is 4.98 Å². The fourth-order valence-corrected chi connectivity index (χ4v) is 2.79. The second-order valence-corrected chi connectivity index (χ2v) is 6.41. The number of aryl methyl sites for hydroxylation is 1. The van der Waals surface area contributed by atoms with Crippen LogP contribution in [0.25, 0.3) is 0 Å². The Balaban J connectivity index is 1.76. The molecule has 0 saturated carbocycles. The molecular weight excluding hydrogens is 354 g/mol. The fraction of sp³-hybridized carbons (Fsp3) is 0.286. The molecule has 2 aromatic heterocycles. The van der Waals surface area contributed by atoms with Crippen molar-refractivity contribution in [2.75, 3.05) is 38.0 Å². The van der Waals surface area contributed by atoms with Gasteiger partial charge in [-0.05, 0) is 43.2 Å². The first-order chi connectivity index (χ1) is 13.6. The quantitative estimate of drug-likeness (QED) is 0.641. The number of hydrogen-bond donors (Lipinski definition) is 1. The van der Waals surface area contributed by atoms with Crippen LogP contribution >= 0.6 is 0 Å². The number of methoxy groups -OCH3 is 2. The standard InChI is InChI=1S/C21H25N5O2/c1-15-13-20(26(2)12-9-16-7-10-22-11-8-16)25-21(23-15)24-18-6-5-17(27-3)14-19(18)28-4/h5-8,10-11,13-14H,9,12H2,1-4H3,(H,23,24,25). The molecule has 1 N–H and O–H groups in total. The molecule has 1 aromatic carbocycles. The van der Waals surface area contributed by atoms with Crippen molar-refractivity contribution in [2.45, 2.75) is 13.3 Å². The lowest BCUT2D eigenvalue weighted by Crippen LogP contribution is -2.22. The zero-order chi connectivity index (χ0) is 19.9. The molecule has 0 radical (unpaired) electrons. The first-order valence-corrected chi connectivity index (χ1v) is 9.04. The predicted molar refractivity (Wildman–Crippen MR) is 111 cm³/mol. The first kappa shape index (κ1) is 19.4. The van der Waals surface area contributed by atoms with E-state index in [9.17, 15) is 0 Å². The number of aromatic nitrogens is 3. The third-order valence-corrected chi connectivity index (χ3v) is 4.37. The van der Waals surface area contributed by atoms with Crippen LogP contribution in [-0.2, 0) is 6.42 Å². The summed E-state index contributed by atoms with van der Waals surface area (Å²) < 4.78 is 10.7. The molecule has 7 nitrogen and oxygen atoms in total. The Labute approximate surface area is 165 Å². The molecule has 146 valence electrons. The average Bonchev–Trinajstić information content (AvgIpc) is 2.72. The lowest BCUT2D eigenvalue weighted by molar-refractivity contribution is 0.395. The SMILES string of the molecule is COc1ccc(Nc2nc(C)cc(N(C)CCc3ccncc3)n2)c(OC)c1. The van der Waals surface area contributed by atoms with Crippen molar-refractivity contribution in [3.8, 4) is 11.5 Å². The van der Waals surface area contributed by atoms with Gasteiger partial charge in [-0.3, -0.25) is 4.98 Å². The summed E-state index contributed by atoms with van der Waals surface area (Å²) in [6.07, 6.45) is 4.54. The van der Waals surface area contributed by atoms with Crippen molar-refractivity contribution in [3.63, 3.8) is 0 Å². The van der Waals surface area contributed by atoms with E-state index in [2.05, 4.69) is 25.2 Å². The van der Waals surface area contributed by atoms with Gasteiger partial charge in [0.2, 0.25) is 5.95 Å². The molecule has 3 rings (SSSR count). The third kappa shape index (κ3) is 4.88. The summed E-state index contributed by atoms with van der Waals surface area (Å²) in [5.41, 5.74) is 2.91. The van der Waals surface area contributed by atoms with E-state index >= 15 is 0 Å². The zero-order valence-electron chi connectivity index (χ0n) is 16.6. The molecule has 0 aliphatic carbocycles. The molecule has 0 fully saturated rings. The van der Waals surface area contributed by atoms with Crippen LogP contribution in [0.2, 0.25) is 0 Å². The van der Waals surface area contributed by atoms with E-state index in [1.165, 1.54) is 5.56 Å². The smallest absolute Gasteiger partial charge is 0.229 e. The van der Waals surface area contributed by atoms with Crippen molar-refractivity contribution in [3.05, 3.63) is 60.0 Å². The highest BCUT2D eigenvalue weighted by Crippen LogP contribution is 2.31. The van der Waals surface area contributed by atoms with E-state index in [1.807, 2.05) is 62.8 Å². The first-order valence-electron chi connectivity index (χ1n) is 9.04. The van der Waals surface area contributed by atoms with Crippen molar-refractivity contribution >= 4 is 17.5 Å². The highest BCUT2D eigenvalue weighted by Gasteiger charge is 2.10. The van der Waals surface area contributed by atoms with Gasteiger partial charge in [-0.1, -0.05) is 0 Å². The van der Waals surface area contributed by atoms with Crippen LogP contribution in [0.4, 0.5) is 17.5 Å². The minimum atomic E-state index is 0.522. The summed E-state index contributed by atoms with van der Waals surface area (Å²) in [6.45, 7) is 2.80. The van der Waals surface area contributed by atoms with Crippen LogP contribution in [0.15, 0.2) is 48.8 Å². The highest BCUT2D eigenvalue weighted by atomic mass is 16.5. The molecule has 0 bridgehead atoms. The third-order valence-electron chi connectivity index (χ3n) is 4.37. The lowest BCUT2D eigenvalue weighted by Gasteiger charge is -2.19. The summed E-state index contributed by atoms with van der Waals surface area (Å²) >= 11 is 0. The van der Waals surface area contributed by atoms with Gasteiger partial charge in [0, 0.05) is 43.8 Å². The number of hydrogen-bond acceptors (Lipinski definition) is 7. The number of rotatable bonds is 8. The zero-order valence-corrected chi connectivity index (χ0v) is 16.6. The van der Waals surface area contributed by atoms with Crippen molar-refractivity contribution < 1.29 is 9.47 Å². The van der Waals surface area contributed by atoms with E-state index < -0.39 is 0 Å². The number of benzene rings is 1. The molecule has 0 aliphatic rings. The van der Waals surface area contributed by atoms with E-state index in [-0.39, 0.29) is 0 Å². The predicted octanol–water partition coefficient (Wildman–Crippen LogP) is 3.62. The van der Waals surface area contributed by atoms with Crippen LogP contribution in [0.1, 0.15) is 11.3 Å². The molecule has 0 unspecified atom stereocenters. The number of ether oxygens (including phenoxy) is 2. The number of anilines is 3. The Morgan fingerprint density at radius 3 is 2.50 bits per heavy atom. The van der Waals surface area contributed by atoms with Gasteiger partial charge in [-0.15, -0.1) is 0 Å². The Bertz CT molecular complexity index is 918. The Morgan fingerprint density at radius 1 is 1.00 bits per heavy atom. The van der Waals surface area contributed by atoms with Crippen molar-refractivity contribution in [1.82, 2.24) is 15.0 Å². The van der Waals surface area contributed by atoms with Gasteiger partial charge in [0.15, 0.2) is 0 Å². The molecule has 28 heavy (non-hydrogen) atoms. The summed E-state index contributed by atoms with van der Waals surface area (Å²) in [5, 5.41) is 3.25. The van der Waals surface area contributed by atoms with Gasteiger partial charge < -0.3 is 19.7 Å². The van der Waals surface area contributed by atoms with Crippen LogP contribution in [0.3, 0.4) is 0 Å². The maximum atomic E-state index is 5.44. The van der Waals surface area contributed by atoms with E-state index in [0.717, 1.165) is 35.9 Å². The second kappa shape index (κ2) is 9.03. The van der Waals surface area contributed by atoms with Crippen molar-refractivity contribution in [1.29, 1.82) is 0 Å². The topological polar surface area (TPSA) is 72.4 Å². The van der Waals surface area contributed by atoms with E-state index in [0.29, 0.717) is 11.7 Å². The summed E-state index contributed by atoms with van der Waals surface area (Å²) in [5.74, 6) is 2.77. The molecule has 7 heteroatoms. The summed E-state index contributed by atoms with van der Waals surface area (Å²) in [4.78, 5) is 15.3. The number of nitrogens with zero attached hydrogens (tertiary/aromatic N) is 4. The number of nitrogens with one attached hydrogen (secondary N) is 1. The lowest BCUT2D eigenvalue weighted by atomic mass is 10.2. The molecule has 0 spiro atoms. The maximum Gasteiger partial charge on any atom is 0.229 e. The summed E-state index contributed by atoms with van der Waals surface area (Å²) in [6, 6.07) is 11.6. The normalized spacial score (nSPS) is 10.4. The maximum absolute atomic E-state index is 5.44. The number of likely N-dealkylation sites (N-methyl/N-ethyl adjacent to an activating group) is 1. The minimum Gasteiger partial charge on any atom is -0.497 e. The van der Waals surface area contributed by atoms with Crippen LogP contribution in [-0.4, -0.2) is 42.8 Å². The van der Waals surface area contributed by atoms with E-state index in [4.69, 9.17) is 9.47 Å². The molecule has 0 amide bonds. The molecular formula is C21H25N5O2. The van der Waals surface area contributed by atoms with Gasteiger partial charge in [0.25, 0.3) is 0 Å². The monoisotopic (exact) mass is 379 g/mol. The van der Waals surface area contributed by atoms with Crippen molar-refractivity contribution in [2.24, 2.45) is 0 Å². The van der Waals surface area contributed by atoms with Crippen LogP contribution in [0.5, 0.6) is 11.5 Å². The molecule has 0 aliphatic heterocycles.